The van der Waals surface area contributed by atoms with Crippen LogP contribution in [0.4, 0.5) is 0 Å². The second-order valence-electron chi connectivity index (χ2n) is 21.7. The number of carbonyl (C=O) groups is 2. The first-order valence-corrected chi connectivity index (χ1v) is 47.3. The van der Waals surface area contributed by atoms with Gasteiger partial charge in [-0.3, -0.25) is 0 Å². The number of hydrogen-bond donors (Lipinski definition) is 2. The van der Waals surface area contributed by atoms with Crippen molar-refractivity contribution in [3.63, 3.8) is 0 Å². The summed E-state index contributed by atoms with van der Waals surface area (Å²) in [5.41, 5.74) is 14.5. The van der Waals surface area contributed by atoms with E-state index < -0.39 is 0 Å². The molecule has 0 amide bonds. The van der Waals surface area contributed by atoms with Gasteiger partial charge in [-0.25, -0.2) is 0 Å². The second-order valence-corrected chi connectivity index (χ2v) is 30.5. The standard InChI is InChI=1S/C13H20N.C13H19.C11H13O.C10H10N.C10H11O.C8H7O.6C2H6.CH5N.I2.6W/c1-6-7-11-8-9-13(4,10-11)12(2,3)14-5;1-6-7-11-8-9-13(5,10-11)12(2,3)4;1-4-5-10-6-7-11(3,8-10)9(2)12;1-3-4-9-5-6-10(2,7-9)8-11;1-3-4-9-5-6-10(7-9)8-11-2;1-2-3-7-4-5-8(9)6-7;8*1-2;;;;;;/h1,6-7,14H,8-9H2,2-5H3;1,6-7H,8-9H2,2-5H3;1,4-5H,6-7H2,2-3H3;1,3-4H,5-6H2,2H3;1,3-4,8H,5-6H2,2H3;1-3H,4-5H2;6*1-2H3;2H2,1H3;;;;;;;/q6*-1;;;;;;;;;;;;;;/b;;;;9-4?,10-8+;;;;;;;;;;;;;;;. The van der Waals surface area contributed by atoms with Gasteiger partial charge < -0.3 is 5.73 Å². The van der Waals surface area contributed by atoms with Crippen molar-refractivity contribution in [2.75, 3.05) is 21.2 Å². The number of nitrogens with zero attached hydrogens (tertiary/aromatic N) is 1. The number of hydrogen-bond acceptors (Lipinski definition) is 6. The Hall–Kier alpha value is -0.0201. The zero-order chi connectivity index (χ0) is 74.5. The molecule has 92 heavy (non-hydrogen) atoms. The number of ether oxygens (including phenoxy) is 1. The van der Waals surface area contributed by atoms with Gasteiger partial charge in [-0.1, -0.05) is 83.1 Å². The number of ketones is 2. The van der Waals surface area contributed by atoms with Crippen LogP contribution in [0.5, 0.6) is 0 Å². The Bertz CT molecular complexity index is 2640. The average Bonchev–Trinajstić information content (AvgIpc) is 1.59. The van der Waals surface area contributed by atoms with E-state index in [1.807, 2.05) is 135 Å². The van der Waals surface area contributed by atoms with Crippen molar-refractivity contribution >= 4 is 72.2 Å². The molecule has 0 bridgehead atoms. The first kappa shape index (κ1) is 108. The molecule has 6 aliphatic rings. The predicted octanol–water partition coefficient (Wildman–Crippen LogP) is 20.3. The zero-order valence-corrected chi connectivity index (χ0v) is 83.3. The Labute approximate surface area is 657 Å². The third-order valence-electron chi connectivity index (χ3n) is 15.9. The fourth-order valence-electron chi connectivity index (χ4n) is 9.16. The first-order chi connectivity index (χ1) is 43.4. The van der Waals surface area contributed by atoms with Gasteiger partial charge in [-0.2, -0.15) is 0 Å². The summed E-state index contributed by atoms with van der Waals surface area (Å²) in [5, 5.41) is 12.4. The molecular weight excluding hydrogens is 2380 g/mol. The second kappa shape index (κ2) is 62.0. The molecule has 4 unspecified atom stereocenters. The molecule has 0 heterocycles. The molecule has 0 aromatic heterocycles. The summed E-state index contributed by atoms with van der Waals surface area (Å²) in [5.74, 6) is 0.570. The van der Waals surface area contributed by atoms with Crippen molar-refractivity contribution in [3.8, 4) is 6.07 Å². The fraction of sp³-hybridized carbons (Fsp3) is 0.551. The Morgan fingerprint density at radius 3 is 1.11 bits per heavy atom. The molecule has 14 heteroatoms. The van der Waals surface area contributed by atoms with E-state index in [2.05, 4.69) is 115 Å². The number of carbonyl (C=O) groups excluding carboxylic acids is 2. The van der Waals surface area contributed by atoms with E-state index in [9.17, 15) is 9.59 Å². The van der Waals surface area contributed by atoms with Crippen molar-refractivity contribution in [3.05, 3.63) is 158 Å². The van der Waals surface area contributed by atoms with Gasteiger partial charge in [0.1, 0.15) is 0 Å². The molecule has 6 nitrogen and oxygen atoms in total. The SMILES string of the molecule is CC.CC.CC.CC.CC.CC.CN.II.[CH-]=CC=C1CC/C(=C\OC)[C]1=[W].[CH-]=CC=C1CCC(=O)[C]1=[W].[CH-]=CC=C1CCC(C)(C#N)[C]1=[W].[CH-]=CC=C1CCC(C)(C(C)(C)C)[C]1=[W].[CH-]=CC=C1CCC(C)(C(C)(C)NC)[C]1=[W].[CH-]=CC=C1CCC(C)(C(C)=O)[C]1=[W]. The van der Waals surface area contributed by atoms with Crippen molar-refractivity contribution in [1.82, 2.24) is 5.32 Å². The van der Waals surface area contributed by atoms with Gasteiger partial charge in [0.15, 0.2) is 0 Å². The molecule has 0 spiro atoms. The molecule has 0 aromatic rings. The van der Waals surface area contributed by atoms with Crippen molar-refractivity contribution in [1.29, 1.82) is 5.26 Å². The van der Waals surface area contributed by atoms with Crippen LogP contribution >= 0.6 is 37.2 Å². The molecule has 0 aliphatic heterocycles. The average molecular weight is 2510 g/mol. The molecular formula is C78H121I2N3O3W6-6. The third kappa shape index (κ3) is 35.8. The normalized spacial score (nSPS) is 24.2. The van der Waals surface area contributed by atoms with Gasteiger partial charge in [-0.15, -0.1) is 0 Å². The van der Waals surface area contributed by atoms with Gasteiger partial charge in [0.25, 0.3) is 0 Å². The van der Waals surface area contributed by atoms with E-state index in [1.165, 1.54) is 155 Å². The van der Waals surface area contributed by atoms with Crippen LogP contribution in [0.3, 0.4) is 0 Å². The maximum atomic E-state index is 11.5. The number of methoxy groups -OCH3 is 1. The van der Waals surface area contributed by atoms with Crippen LogP contribution in [0.25, 0.3) is 0 Å². The Kier molecular flexibility index (Phi) is 72.8. The first-order valence-electron chi connectivity index (χ1n) is 32.2. The van der Waals surface area contributed by atoms with Gasteiger partial charge >= 0.3 is 533 Å². The number of nitrogens with two attached hydrogens (primary N) is 1. The van der Waals surface area contributed by atoms with E-state index >= 15 is 0 Å². The predicted molar refractivity (Wildman–Crippen MR) is 405 cm³/mol. The molecule has 6 fully saturated rings. The van der Waals surface area contributed by atoms with Crippen LogP contribution in [0.1, 0.15) is 229 Å². The van der Waals surface area contributed by atoms with Crippen LogP contribution in [0, 0.1) is 77.9 Å². The molecule has 6 saturated carbocycles. The quantitative estimate of drug-likeness (QED) is 0.128. The summed E-state index contributed by atoms with van der Waals surface area (Å²) < 4.78 is 13.0. The molecule has 522 valence electrons. The van der Waals surface area contributed by atoms with E-state index in [1.54, 1.807) is 90.9 Å². The zero-order valence-electron chi connectivity index (χ0n) is 61.4. The van der Waals surface area contributed by atoms with Crippen molar-refractivity contribution < 1.29 is 130 Å². The fourth-order valence-corrected chi connectivity index (χ4v) is 17.9. The van der Waals surface area contributed by atoms with Crippen LogP contribution in [-0.2, 0) is 130 Å². The molecule has 6 rings (SSSR count). The van der Waals surface area contributed by atoms with Gasteiger partial charge in [0.2, 0.25) is 0 Å². The molecule has 3 N–H and O–H groups in total. The van der Waals surface area contributed by atoms with E-state index in [0.29, 0.717) is 23.0 Å². The number of halogens is 2. The van der Waals surface area contributed by atoms with Crippen molar-refractivity contribution in [2.45, 2.75) is 235 Å². The monoisotopic (exact) mass is 2510 g/mol. The Morgan fingerprint density at radius 2 is 0.815 bits per heavy atom. The number of rotatable bonds is 10. The van der Waals surface area contributed by atoms with Crippen molar-refractivity contribution in [2.24, 2.45) is 32.8 Å². The Balaban J connectivity index is -0.000000147. The van der Waals surface area contributed by atoms with Gasteiger partial charge in [0, 0.05) is 37.2 Å². The van der Waals surface area contributed by atoms with Crippen LogP contribution in [0.2, 0.25) is 0 Å². The molecule has 0 saturated heterocycles. The number of Topliss-reactive ketones (excluding diaryl/α,β-unsaturated/α-hetero) is 2. The Morgan fingerprint density at radius 1 is 0.511 bits per heavy atom. The summed E-state index contributed by atoms with van der Waals surface area (Å²) in [6.07, 6.45) is 35.7. The molecule has 0 aromatic carbocycles. The molecule has 0 radical (unpaired) electrons. The summed E-state index contributed by atoms with van der Waals surface area (Å²) >= 11 is 12.9. The number of allylic oxidation sites excluding steroid dienone is 19. The summed E-state index contributed by atoms with van der Waals surface area (Å²) in [6, 6.07) is 2.37. The molecule has 6 aliphatic carbocycles. The molecule has 4 atom stereocenters. The summed E-state index contributed by atoms with van der Waals surface area (Å²) in [7, 11) is 5.23. The minimum absolute atomic E-state index is 0.147. The van der Waals surface area contributed by atoms with Crippen LogP contribution in [-0.4, -0.2) is 61.7 Å². The number of nitriles is 1. The number of nitrogens with one attached hydrogen (secondary N) is 1. The topological polar surface area (TPSA) is 105 Å². The van der Waals surface area contributed by atoms with Gasteiger partial charge in [0.05, 0.1) is 0 Å². The third-order valence-corrected chi connectivity index (χ3v) is 29.8. The van der Waals surface area contributed by atoms with E-state index in [0.717, 1.165) is 60.8 Å². The summed E-state index contributed by atoms with van der Waals surface area (Å²) in [6.45, 7) is 78.2. The van der Waals surface area contributed by atoms with Crippen LogP contribution in [0.15, 0.2) is 118 Å². The van der Waals surface area contributed by atoms with E-state index in [-0.39, 0.29) is 27.6 Å². The van der Waals surface area contributed by atoms with E-state index in [4.69, 9.17) is 49.5 Å². The minimum atomic E-state index is -0.218. The van der Waals surface area contributed by atoms with Crippen LogP contribution < -0.4 is 11.1 Å². The van der Waals surface area contributed by atoms with Gasteiger partial charge in [-0.05, 0) is 7.05 Å². The summed E-state index contributed by atoms with van der Waals surface area (Å²) in [4.78, 5) is 22.4. The maximum absolute atomic E-state index is 11.5.